The summed E-state index contributed by atoms with van der Waals surface area (Å²) in [5.41, 5.74) is 1.92. The molecule has 154 valence electrons. The van der Waals surface area contributed by atoms with Crippen LogP contribution >= 0.6 is 0 Å². The van der Waals surface area contributed by atoms with Crippen LogP contribution in [-0.2, 0) is 14.6 Å². The fourth-order valence-corrected chi connectivity index (χ4v) is 4.04. The second-order valence-electron chi connectivity index (χ2n) is 6.55. The number of aryl methyl sites for hydroxylation is 1. The van der Waals surface area contributed by atoms with Crippen molar-refractivity contribution in [3.05, 3.63) is 89.0 Å². The maximum Gasteiger partial charge on any atom is 0.341 e. The molecule has 0 spiro atoms. The number of carboxylic acid groups (broad SMARTS) is 1. The molecule has 0 aliphatic heterocycles. The number of rotatable bonds is 5. The van der Waals surface area contributed by atoms with Gasteiger partial charge in [0.1, 0.15) is 5.75 Å². The van der Waals surface area contributed by atoms with Crippen molar-refractivity contribution < 1.29 is 23.1 Å². The molecule has 3 aromatic carbocycles. The Morgan fingerprint density at radius 2 is 1.68 bits per heavy atom. The first-order valence-corrected chi connectivity index (χ1v) is 10.6. The molecule has 3 aromatic rings. The smallest absolute Gasteiger partial charge is 0.341 e. The van der Waals surface area contributed by atoms with Gasteiger partial charge in [-0.1, -0.05) is 36.1 Å². The summed E-state index contributed by atoms with van der Waals surface area (Å²) in [5.74, 6) is 4.88. The summed E-state index contributed by atoms with van der Waals surface area (Å²) in [6.45, 7) is 1.25. The molecule has 0 radical (unpaired) electrons. The van der Waals surface area contributed by atoms with E-state index in [2.05, 4.69) is 11.8 Å². The van der Waals surface area contributed by atoms with Gasteiger partial charge in [0.2, 0.25) is 9.84 Å². The summed E-state index contributed by atoms with van der Waals surface area (Å²) in [5, 5.41) is 18.0. The first-order valence-electron chi connectivity index (χ1n) is 9.13. The molecule has 0 saturated heterocycles. The van der Waals surface area contributed by atoms with E-state index >= 15 is 0 Å². The molecule has 6 nitrogen and oxygen atoms in total. The molecule has 1 N–H and O–H groups in total. The number of benzene rings is 3. The third kappa shape index (κ3) is 5.11. The average Bonchev–Trinajstić information content (AvgIpc) is 2.77. The minimum Gasteiger partial charge on any atom is -0.481 e. The average molecular weight is 431 g/mol. The van der Waals surface area contributed by atoms with Crippen LogP contribution in [0.3, 0.4) is 0 Å². The summed E-state index contributed by atoms with van der Waals surface area (Å²) in [4.78, 5) is 11.1. The summed E-state index contributed by atoms with van der Waals surface area (Å²) >= 11 is 0. The predicted molar refractivity (Wildman–Crippen MR) is 113 cm³/mol. The lowest BCUT2D eigenvalue weighted by Crippen LogP contribution is -2.10. The van der Waals surface area contributed by atoms with E-state index in [9.17, 15) is 13.2 Å². The number of hydrogen-bond acceptors (Lipinski definition) is 5. The molecule has 0 aromatic heterocycles. The van der Waals surface area contributed by atoms with Gasteiger partial charge < -0.3 is 9.84 Å². The Labute approximate surface area is 180 Å². The number of sulfone groups is 1. The molecule has 0 fully saturated rings. The molecule has 0 amide bonds. The maximum atomic E-state index is 12.9. The normalized spacial score (nSPS) is 10.5. The Kier molecular flexibility index (Phi) is 6.40. The highest BCUT2D eigenvalue weighted by Crippen LogP contribution is 2.23. The molecule has 0 unspecified atom stereocenters. The third-order valence-electron chi connectivity index (χ3n) is 4.36. The molecule has 0 atom stereocenters. The summed E-state index contributed by atoms with van der Waals surface area (Å²) in [7, 11) is -3.70. The number of carbonyl (C=O) groups is 1. The third-order valence-corrected chi connectivity index (χ3v) is 6.13. The SMILES string of the molecule is Cc1ccc(S(=O)(=O)c2ccccc2)cc1C#Cc1cc(C#N)ccc1OCC(=O)O. The first-order chi connectivity index (χ1) is 14.8. The van der Waals surface area contributed by atoms with Crippen molar-refractivity contribution in [2.75, 3.05) is 6.61 Å². The minimum atomic E-state index is -3.70. The molecule has 3 rings (SSSR count). The van der Waals surface area contributed by atoms with Crippen LogP contribution in [0.2, 0.25) is 0 Å². The van der Waals surface area contributed by atoms with Crippen molar-refractivity contribution in [2.24, 2.45) is 0 Å². The van der Waals surface area contributed by atoms with Crippen LogP contribution in [-0.4, -0.2) is 26.1 Å². The van der Waals surface area contributed by atoms with Gasteiger partial charge in [-0.15, -0.1) is 0 Å². The van der Waals surface area contributed by atoms with Crippen molar-refractivity contribution in [1.29, 1.82) is 5.26 Å². The fraction of sp³-hybridized carbons (Fsp3) is 0.0833. The number of carboxylic acids is 1. The second-order valence-corrected chi connectivity index (χ2v) is 8.50. The van der Waals surface area contributed by atoms with E-state index in [1.807, 2.05) is 6.07 Å². The van der Waals surface area contributed by atoms with Gasteiger partial charge in [0.25, 0.3) is 0 Å². The lowest BCUT2D eigenvalue weighted by Gasteiger charge is -2.07. The topological polar surface area (TPSA) is 104 Å². The van der Waals surface area contributed by atoms with Gasteiger partial charge >= 0.3 is 5.97 Å². The van der Waals surface area contributed by atoms with Gasteiger partial charge in [-0.3, -0.25) is 0 Å². The molecular weight excluding hydrogens is 414 g/mol. The molecule has 0 aliphatic carbocycles. The van der Waals surface area contributed by atoms with E-state index in [1.54, 1.807) is 31.2 Å². The van der Waals surface area contributed by atoms with Crippen molar-refractivity contribution >= 4 is 15.8 Å². The Hall–Kier alpha value is -4.07. The maximum absolute atomic E-state index is 12.9. The molecular formula is C24H17NO5S. The number of aliphatic carboxylic acids is 1. The standard InChI is InChI=1S/C24H17NO5S/c1-17-7-11-22(31(28,29)21-5-3-2-4-6-21)14-19(17)9-10-20-13-18(15-25)8-12-23(20)30-16-24(26)27/h2-8,11-14H,16H2,1H3,(H,26,27). The molecule has 7 heteroatoms. The molecule has 0 saturated carbocycles. The number of ether oxygens (including phenoxy) is 1. The minimum absolute atomic E-state index is 0.113. The predicted octanol–water partition coefficient (Wildman–Crippen LogP) is 3.56. The van der Waals surface area contributed by atoms with Crippen LogP contribution in [0.1, 0.15) is 22.3 Å². The zero-order valence-electron chi connectivity index (χ0n) is 16.5. The number of hydrogen-bond donors (Lipinski definition) is 1. The van der Waals surface area contributed by atoms with Crippen molar-refractivity contribution in [3.8, 4) is 23.7 Å². The Bertz CT molecular complexity index is 1340. The van der Waals surface area contributed by atoms with Gasteiger partial charge in [0.15, 0.2) is 6.61 Å². The highest BCUT2D eigenvalue weighted by Gasteiger charge is 2.18. The monoisotopic (exact) mass is 431 g/mol. The van der Waals surface area contributed by atoms with Crippen molar-refractivity contribution in [3.63, 3.8) is 0 Å². The van der Waals surface area contributed by atoms with Gasteiger partial charge in [0, 0.05) is 5.56 Å². The summed E-state index contributed by atoms with van der Waals surface area (Å²) in [6, 6.07) is 19.3. The molecule has 0 heterocycles. The van der Waals surface area contributed by atoms with Crippen LogP contribution < -0.4 is 4.74 Å². The number of nitrogens with zero attached hydrogens (tertiary/aromatic N) is 1. The first kappa shape index (κ1) is 21.6. The Morgan fingerprint density at radius 1 is 0.968 bits per heavy atom. The molecule has 0 aliphatic rings. The fourth-order valence-electron chi connectivity index (χ4n) is 2.74. The van der Waals surface area contributed by atoms with E-state index in [-0.39, 0.29) is 15.5 Å². The zero-order chi connectivity index (χ0) is 22.4. The lowest BCUT2D eigenvalue weighted by atomic mass is 10.1. The van der Waals surface area contributed by atoms with Gasteiger partial charge in [-0.25, -0.2) is 13.2 Å². The Morgan fingerprint density at radius 3 is 2.35 bits per heavy atom. The summed E-state index contributed by atoms with van der Waals surface area (Å²) < 4.78 is 31.0. The van der Waals surface area contributed by atoms with Crippen LogP contribution in [0.4, 0.5) is 0 Å². The molecule has 31 heavy (non-hydrogen) atoms. The highest BCUT2D eigenvalue weighted by molar-refractivity contribution is 7.91. The van der Waals surface area contributed by atoms with Gasteiger partial charge in [-0.2, -0.15) is 5.26 Å². The van der Waals surface area contributed by atoms with E-state index < -0.39 is 22.4 Å². The largest absolute Gasteiger partial charge is 0.481 e. The van der Waals surface area contributed by atoms with Crippen molar-refractivity contribution in [1.82, 2.24) is 0 Å². The van der Waals surface area contributed by atoms with Crippen molar-refractivity contribution in [2.45, 2.75) is 16.7 Å². The van der Waals surface area contributed by atoms with Crippen LogP contribution in [0.5, 0.6) is 5.75 Å². The lowest BCUT2D eigenvalue weighted by molar-refractivity contribution is -0.139. The second kappa shape index (κ2) is 9.17. The summed E-state index contributed by atoms with van der Waals surface area (Å²) in [6.07, 6.45) is 0. The van der Waals surface area contributed by atoms with Gasteiger partial charge in [0.05, 0.1) is 27.0 Å². The van der Waals surface area contributed by atoms with E-state index in [0.717, 1.165) is 5.56 Å². The quantitative estimate of drug-likeness (QED) is 0.620. The molecule has 0 bridgehead atoms. The van der Waals surface area contributed by atoms with E-state index in [1.165, 1.54) is 42.5 Å². The number of nitriles is 1. The van der Waals surface area contributed by atoms with Crippen LogP contribution in [0, 0.1) is 30.1 Å². The van der Waals surface area contributed by atoms with E-state index in [4.69, 9.17) is 15.1 Å². The van der Waals surface area contributed by atoms with Gasteiger partial charge in [-0.05, 0) is 55.0 Å². The van der Waals surface area contributed by atoms with E-state index in [0.29, 0.717) is 16.7 Å². The van der Waals surface area contributed by atoms with Crippen LogP contribution in [0.25, 0.3) is 0 Å². The Balaban J connectivity index is 2.03. The zero-order valence-corrected chi connectivity index (χ0v) is 17.3. The van der Waals surface area contributed by atoms with Crippen LogP contribution in [0.15, 0.2) is 76.5 Å². The highest BCUT2D eigenvalue weighted by atomic mass is 32.2.